The molecule has 20 heavy (non-hydrogen) atoms. The quantitative estimate of drug-likeness (QED) is 0.374. The Morgan fingerprint density at radius 2 is 2.15 bits per heavy atom. The van der Waals surface area contributed by atoms with Crippen LogP contribution in [0, 0.1) is 11.3 Å². The topological polar surface area (TPSA) is 76.2 Å². The molecule has 2 aliphatic rings. The summed E-state index contributed by atoms with van der Waals surface area (Å²) in [6.45, 7) is 0. The van der Waals surface area contributed by atoms with Gasteiger partial charge < -0.3 is 10.5 Å². The number of hydrogen-bond acceptors (Lipinski definition) is 3. The Kier molecular flexibility index (Phi) is 3.47. The molecule has 1 aromatic carbocycles. The Morgan fingerprint density at radius 1 is 1.35 bits per heavy atom. The first-order valence-electron chi connectivity index (χ1n) is 7.28. The van der Waals surface area contributed by atoms with Gasteiger partial charge in [-0.25, -0.2) is 0 Å². The molecule has 1 saturated heterocycles. The number of nitrogens with one attached hydrogen (secondary N) is 1. The Morgan fingerprint density at radius 3 is 2.95 bits per heavy atom. The predicted molar refractivity (Wildman–Crippen MR) is 76.6 cm³/mol. The molecule has 106 valence electrons. The molecule has 0 aromatic heterocycles. The maximum Gasteiger partial charge on any atom is 0.310 e. The first-order valence-corrected chi connectivity index (χ1v) is 7.28. The molecule has 3 N–H and O–H groups in total. The molecule has 0 spiro atoms. The van der Waals surface area contributed by atoms with Crippen LogP contribution in [0.5, 0.6) is 0 Å². The van der Waals surface area contributed by atoms with Crippen molar-refractivity contribution in [3.8, 4) is 0 Å². The minimum atomic E-state index is -0.0441. The predicted octanol–water partition coefficient (Wildman–Crippen LogP) is 2.36. The van der Waals surface area contributed by atoms with E-state index in [0.29, 0.717) is 6.42 Å². The molecule has 3 rings (SSSR count). The van der Waals surface area contributed by atoms with Gasteiger partial charge in [0.1, 0.15) is 6.10 Å². The maximum absolute atomic E-state index is 12.0. The molecule has 1 aliphatic heterocycles. The van der Waals surface area contributed by atoms with Crippen molar-refractivity contribution in [1.29, 1.82) is 5.41 Å². The van der Waals surface area contributed by atoms with Crippen molar-refractivity contribution < 1.29 is 9.53 Å². The Bertz CT molecular complexity index is 541. The third-order valence-electron chi connectivity index (χ3n) is 4.45. The highest BCUT2D eigenvalue weighted by molar-refractivity contribution is 5.78. The van der Waals surface area contributed by atoms with Crippen LogP contribution in [0.15, 0.2) is 24.3 Å². The second-order valence-corrected chi connectivity index (χ2v) is 5.78. The number of ether oxygens (including phenoxy) is 1. The van der Waals surface area contributed by atoms with E-state index in [1.54, 1.807) is 0 Å². The summed E-state index contributed by atoms with van der Waals surface area (Å²) in [5.74, 6) is 0.395. The summed E-state index contributed by atoms with van der Waals surface area (Å²) >= 11 is 0. The molecule has 1 aromatic rings. The van der Waals surface area contributed by atoms with Gasteiger partial charge >= 0.3 is 5.97 Å². The molecule has 0 radical (unpaired) electrons. The van der Waals surface area contributed by atoms with Crippen molar-refractivity contribution in [3.05, 3.63) is 35.4 Å². The van der Waals surface area contributed by atoms with Gasteiger partial charge in [-0.2, -0.15) is 0 Å². The minimum Gasteiger partial charge on any atom is -0.461 e. The number of benzene rings is 1. The molecular formula is C16H20N2O2. The van der Waals surface area contributed by atoms with Gasteiger partial charge in [0.05, 0.1) is 11.8 Å². The highest BCUT2D eigenvalue weighted by Gasteiger charge is 2.48. The molecule has 0 bridgehead atoms. The number of carbonyl (C=O) groups excluding carboxylic acids is 1. The fraction of sp³-hybridized carbons (Fsp3) is 0.500. The second-order valence-electron chi connectivity index (χ2n) is 5.78. The molecule has 1 aliphatic carbocycles. The molecule has 1 heterocycles. The smallest absolute Gasteiger partial charge is 0.310 e. The number of hydrogen-bond donors (Lipinski definition) is 2. The molecule has 1 fully saturated rings. The average Bonchev–Trinajstić information content (AvgIpc) is 2.90. The van der Waals surface area contributed by atoms with Gasteiger partial charge in [0, 0.05) is 18.8 Å². The minimum absolute atomic E-state index is 0.0180. The van der Waals surface area contributed by atoms with Crippen LogP contribution >= 0.6 is 0 Å². The van der Waals surface area contributed by atoms with E-state index in [9.17, 15) is 4.79 Å². The largest absolute Gasteiger partial charge is 0.461 e. The normalized spacial score (nSPS) is 27.0. The van der Waals surface area contributed by atoms with Gasteiger partial charge in [-0.15, -0.1) is 0 Å². The first-order chi connectivity index (χ1) is 9.66. The third kappa shape index (κ3) is 2.30. The molecule has 0 amide bonds. The number of amidine groups is 1. The average molecular weight is 272 g/mol. The van der Waals surface area contributed by atoms with Crippen LogP contribution in [-0.2, 0) is 16.0 Å². The van der Waals surface area contributed by atoms with E-state index in [4.69, 9.17) is 15.9 Å². The number of nitrogens with two attached hydrogens (primary N) is 1. The van der Waals surface area contributed by atoms with Gasteiger partial charge in [-0.1, -0.05) is 30.7 Å². The van der Waals surface area contributed by atoms with Crippen molar-refractivity contribution in [2.24, 2.45) is 11.7 Å². The Balaban J connectivity index is 1.68. The van der Waals surface area contributed by atoms with E-state index in [1.165, 1.54) is 11.1 Å². The highest BCUT2D eigenvalue weighted by atomic mass is 16.6. The van der Waals surface area contributed by atoms with Gasteiger partial charge in [0.15, 0.2) is 0 Å². The van der Waals surface area contributed by atoms with Crippen LogP contribution in [0.3, 0.4) is 0 Å². The fourth-order valence-electron chi connectivity index (χ4n) is 3.54. The number of esters is 1. The van der Waals surface area contributed by atoms with Crippen molar-refractivity contribution >= 4 is 11.8 Å². The number of carbonyl (C=O) groups is 1. The van der Waals surface area contributed by atoms with E-state index in [1.807, 2.05) is 12.1 Å². The van der Waals surface area contributed by atoms with E-state index < -0.39 is 0 Å². The van der Waals surface area contributed by atoms with Crippen LogP contribution in [0.1, 0.15) is 42.7 Å². The fourth-order valence-corrected chi connectivity index (χ4v) is 3.54. The lowest BCUT2D eigenvalue weighted by molar-refractivity contribution is -0.144. The Labute approximate surface area is 118 Å². The molecular weight excluding hydrogens is 252 g/mol. The van der Waals surface area contributed by atoms with Crippen molar-refractivity contribution in [2.75, 3.05) is 0 Å². The summed E-state index contributed by atoms with van der Waals surface area (Å²) in [5, 5.41) is 7.22. The zero-order valence-corrected chi connectivity index (χ0v) is 11.5. The van der Waals surface area contributed by atoms with E-state index in [2.05, 4.69) is 12.1 Å². The van der Waals surface area contributed by atoms with Crippen LogP contribution in [0.4, 0.5) is 0 Å². The van der Waals surface area contributed by atoms with Crippen LogP contribution in [0.2, 0.25) is 0 Å². The first kappa shape index (κ1) is 13.2. The maximum atomic E-state index is 12.0. The lowest BCUT2D eigenvalue weighted by atomic mass is 9.84. The highest BCUT2D eigenvalue weighted by Crippen LogP contribution is 2.47. The van der Waals surface area contributed by atoms with Crippen molar-refractivity contribution in [2.45, 2.75) is 44.1 Å². The summed E-state index contributed by atoms with van der Waals surface area (Å²) in [4.78, 5) is 12.0. The SMILES string of the molecule is N=C(N)CCCCC1C(=O)O[C@H]2Cc3ccccc3[C@H]12. The molecule has 4 nitrogen and oxygen atoms in total. The van der Waals surface area contributed by atoms with E-state index >= 15 is 0 Å². The monoisotopic (exact) mass is 272 g/mol. The molecule has 3 atom stereocenters. The van der Waals surface area contributed by atoms with E-state index in [-0.39, 0.29) is 29.7 Å². The molecule has 0 saturated carbocycles. The van der Waals surface area contributed by atoms with Crippen LogP contribution in [0.25, 0.3) is 0 Å². The zero-order chi connectivity index (χ0) is 14.1. The summed E-state index contributed by atoms with van der Waals surface area (Å²) in [6.07, 6.45) is 4.14. The number of fused-ring (bicyclic) bond motifs is 3. The number of rotatable bonds is 5. The van der Waals surface area contributed by atoms with Gasteiger partial charge in [-0.3, -0.25) is 10.2 Å². The van der Waals surface area contributed by atoms with Crippen molar-refractivity contribution in [1.82, 2.24) is 0 Å². The lowest BCUT2D eigenvalue weighted by Crippen LogP contribution is -2.15. The summed E-state index contributed by atoms with van der Waals surface area (Å²) in [5.41, 5.74) is 7.97. The third-order valence-corrected chi connectivity index (χ3v) is 4.45. The molecule has 4 heteroatoms. The number of unbranched alkanes of at least 4 members (excludes halogenated alkanes) is 1. The standard InChI is InChI=1S/C16H20N2O2/c17-14(18)8-4-3-7-12-15-11-6-2-1-5-10(11)9-13(15)20-16(12)19/h1-2,5-6,12-13,15H,3-4,7-9H2,(H3,17,18)/t12?,13-,15+/m0/s1. The summed E-state index contributed by atoms with van der Waals surface area (Å²) in [6, 6.07) is 8.35. The van der Waals surface area contributed by atoms with E-state index in [0.717, 1.165) is 25.7 Å². The van der Waals surface area contributed by atoms with Crippen LogP contribution in [-0.4, -0.2) is 17.9 Å². The molecule has 1 unspecified atom stereocenters. The van der Waals surface area contributed by atoms with Gasteiger partial charge in [-0.05, 0) is 24.0 Å². The van der Waals surface area contributed by atoms with Crippen molar-refractivity contribution in [3.63, 3.8) is 0 Å². The van der Waals surface area contributed by atoms with Crippen LogP contribution < -0.4 is 5.73 Å². The summed E-state index contributed by atoms with van der Waals surface area (Å²) in [7, 11) is 0. The second kappa shape index (κ2) is 5.27. The lowest BCUT2D eigenvalue weighted by Gasteiger charge is -2.15. The van der Waals surface area contributed by atoms with Gasteiger partial charge in [0.2, 0.25) is 0 Å². The zero-order valence-electron chi connectivity index (χ0n) is 11.5. The van der Waals surface area contributed by atoms with Gasteiger partial charge in [0.25, 0.3) is 0 Å². The Hall–Kier alpha value is -1.84. The summed E-state index contributed by atoms with van der Waals surface area (Å²) < 4.78 is 5.55.